The van der Waals surface area contributed by atoms with E-state index in [-0.39, 0.29) is 5.69 Å². The molecule has 1 aromatic carbocycles. The minimum absolute atomic E-state index is 0.0501. The van der Waals surface area contributed by atoms with Gasteiger partial charge in [0.25, 0.3) is 5.69 Å². The Hall–Kier alpha value is -1.69. The Labute approximate surface area is 98.2 Å². The van der Waals surface area contributed by atoms with Gasteiger partial charge in [0.05, 0.1) is 11.2 Å². The summed E-state index contributed by atoms with van der Waals surface area (Å²) in [5, 5.41) is 3.43. The summed E-state index contributed by atoms with van der Waals surface area (Å²) in [5.41, 5.74) is -0.0501. The van der Waals surface area contributed by atoms with Gasteiger partial charge in [-0.2, -0.15) is 4.39 Å². The number of nitrogens with zero attached hydrogens (tertiary/aromatic N) is 2. The molecule has 0 radical (unpaired) electrons. The van der Waals surface area contributed by atoms with Crippen molar-refractivity contribution < 1.29 is 18.7 Å². The maximum atomic E-state index is 13.5. The van der Waals surface area contributed by atoms with Crippen molar-refractivity contribution in [1.82, 2.24) is 0 Å². The molecule has 0 atom stereocenters. The first-order valence-electron chi connectivity index (χ1n) is 4.31. The molecule has 2 amide bonds. The lowest BCUT2D eigenvalue weighted by atomic mass is 10.3. The Balaban J connectivity index is 2.52. The second-order valence-corrected chi connectivity index (χ2v) is 3.93. The molecule has 1 aliphatic rings. The molecule has 6 heteroatoms. The summed E-state index contributed by atoms with van der Waals surface area (Å²) in [6.07, 6.45) is 2.09. The fraction of sp³-hybridized carbons (Fsp3) is 0. The number of hydrogen-bond acceptors (Lipinski definition) is 2. The van der Waals surface area contributed by atoms with Crippen LogP contribution in [-0.4, -0.2) is 16.5 Å². The minimum Gasteiger partial charge on any atom is -0.261 e. The molecule has 0 unspecified atom stereocenters. The molecule has 0 N–H and O–H groups in total. The number of rotatable bonds is 1. The zero-order valence-electron chi connectivity index (χ0n) is 7.85. The third-order valence-electron chi connectivity index (χ3n) is 1.91. The molecule has 0 fully saturated rings. The van der Waals surface area contributed by atoms with E-state index in [0.717, 1.165) is 16.8 Å². The van der Waals surface area contributed by atoms with Gasteiger partial charge in [-0.25, -0.2) is 4.79 Å². The Bertz CT molecular complexity index is 552. The van der Waals surface area contributed by atoms with Crippen LogP contribution in [0.25, 0.3) is 0 Å². The molecule has 1 aliphatic heterocycles. The van der Waals surface area contributed by atoms with Crippen molar-refractivity contribution in [3.8, 4) is 0 Å². The number of amides is 2. The van der Waals surface area contributed by atoms with Crippen molar-refractivity contribution in [3.05, 3.63) is 40.6 Å². The van der Waals surface area contributed by atoms with E-state index in [1.807, 2.05) is 0 Å². The average molecular weight is 284 g/mol. The van der Waals surface area contributed by atoms with Crippen LogP contribution in [0.15, 0.2) is 39.9 Å². The Morgan fingerprint density at radius 3 is 2.69 bits per heavy atom. The summed E-state index contributed by atoms with van der Waals surface area (Å²) in [5.74, 6) is -1.78. The lowest BCUT2D eigenvalue weighted by Gasteiger charge is -1.99. The fourth-order valence-corrected chi connectivity index (χ4v) is 1.55. The second-order valence-electron chi connectivity index (χ2n) is 3.02. The summed E-state index contributed by atoms with van der Waals surface area (Å²) >= 11 is 3.09. The van der Waals surface area contributed by atoms with Crippen LogP contribution in [0.2, 0.25) is 0 Å². The van der Waals surface area contributed by atoms with Gasteiger partial charge in [-0.3, -0.25) is 4.79 Å². The van der Waals surface area contributed by atoms with E-state index in [1.165, 1.54) is 12.1 Å². The van der Waals surface area contributed by atoms with Crippen molar-refractivity contribution in [3.63, 3.8) is 0 Å². The Morgan fingerprint density at radius 2 is 2.00 bits per heavy atom. The van der Waals surface area contributed by atoms with Crippen LogP contribution in [0.5, 0.6) is 0 Å². The highest BCUT2D eigenvalue weighted by molar-refractivity contribution is 9.10. The highest BCUT2D eigenvalue weighted by atomic mass is 79.9. The summed E-state index contributed by atoms with van der Waals surface area (Å²) in [6, 6.07) is 4.12. The SMILES string of the molecule is O=C1C=CC(=O)[N+](c2ccc(Br)cc2F)=N1. The molecule has 0 spiro atoms. The molecular weight excluding hydrogens is 279 g/mol. The molecule has 1 heterocycles. The van der Waals surface area contributed by atoms with E-state index in [0.29, 0.717) is 4.47 Å². The smallest absolute Gasteiger partial charge is 0.261 e. The van der Waals surface area contributed by atoms with Crippen LogP contribution >= 0.6 is 15.9 Å². The summed E-state index contributed by atoms with van der Waals surface area (Å²) in [4.78, 5) is 22.4. The van der Waals surface area contributed by atoms with Gasteiger partial charge in [-0.05, 0) is 16.8 Å². The maximum absolute atomic E-state index is 13.5. The van der Waals surface area contributed by atoms with Gasteiger partial charge in [0.2, 0.25) is 0 Å². The fourth-order valence-electron chi connectivity index (χ4n) is 1.22. The van der Waals surface area contributed by atoms with Gasteiger partial charge in [0.15, 0.2) is 5.82 Å². The highest BCUT2D eigenvalue weighted by Crippen LogP contribution is 2.23. The normalized spacial score (nSPS) is 15.2. The number of azo groups is 2. The number of hydrogen-bond donors (Lipinski definition) is 0. The molecule has 0 aromatic heterocycles. The Morgan fingerprint density at radius 1 is 1.25 bits per heavy atom. The first-order valence-corrected chi connectivity index (χ1v) is 5.10. The van der Waals surface area contributed by atoms with Gasteiger partial charge < -0.3 is 0 Å². The van der Waals surface area contributed by atoms with Gasteiger partial charge in [-0.1, -0.05) is 15.9 Å². The van der Waals surface area contributed by atoms with E-state index < -0.39 is 17.6 Å². The van der Waals surface area contributed by atoms with Gasteiger partial charge >= 0.3 is 11.8 Å². The predicted octanol–water partition coefficient (Wildman–Crippen LogP) is 2.31. The molecule has 4 nitrogen and oxygen atoms in total. The van der Waals surface area contributed by atoms with E-state index in [9.17, 15) is 14.0 Å². The average Bonchev–Trinajstić information content (AvgIpc) is 2.22. The lowest BCUT2D eigenvalue weighted by molar-refractivity contribution is -0.427. The largest absolute Gasteiger partial charge is 0.443 e. The van der Waals surface area contributed by atoms with E-state index in [4.69, 9.17) is 0 Å². The molecule has 0 aliphatic carbocycles. The maximum Gasteiger partial charge on any atom is 0.443 e. The van der Waals surface area contributed by atoms with Crippen molar-refractivity contribution in [2.24, 2.45) is 5.11 Å². The van der Waals surface area contributed by atoms with Crippen LogP contribution in [0.3, 0.4) is 0 Å². The van der Waals surface area contributed by atoms with Gasteiger partial charge in [0, 0.05) is 16.6 Å². The zero-order chi connectivity index (χ0) is 11.7. The zero-order valence-corrected chi connectivity index (χ0v) is 9.44. The predicted molar refractivity (Wildman–Crippen MR) is 55.6 cm³/mol. The first-order chi connectivity index (χ1) is 7.58. The van der Waals surface area contributed by atoms with Gasteiger partial charge in [0.1, 0.15) is 0 Å². The number of carbonyl (C=O) groups excluding carboxylic acids is 2. The molecule has 0 saturated carbocycles. The molecular formula is C10H5BrFN2O2+. The highest BCUT2D eigenvalue weighted by Gasteiger charge is 2.29. The number of benzene rings is 1. The van der Waals surface area contributed by atoms with Crippen LogP contribution in [0, 0.1) is 5.82 Å². The third kappa shape index (κ3) is 1.96. The molecule has 1 aromatic rings. The standard InChI is InChI=1S/C10H5BrFN2O2/c11-6-1-2-8(7(12)5-6)14-10(16)4-3-9(15)13-14/h1-5H/q+1. The summed E-state index contributed by atoms with van der Waals surface area (Å²) in [6.45, 7) is 0. The van der Waals surface area contributed by atoms with Gasteiger partial charge in [-0.15, -0.1) is 0 Å². The summed E-state index contributed by atoms with van der Waals surface area (Å²) in [7, 11) is 0. The van der Waals surface area contributed by atoms with Crippen molar-refractivity contribution >= 4 is 33.4 Å². The molecule has 16 heavy (non-hydrogen) atoms. The van der Waals surface area contributed by atoms with E-state index in [1.54, 1.807) is 6.07 Å². The van der Waals surface area contributed by atoms with Crippen LogP contribution in [0.1, 0.15) is 0 Å². The van der Waals surface area contributed by atoms with E-state index >= 15 is 0 Å². The second kappa shape index (κ2) is 4.05. The minimum atomic E-state index is -0.630. The molecule has 0 saturated heterocycles. The van der Waals surface area contributed by atoms with Crippen molar-refractivity contribution in [2.75, 3.05) is 0 Å². The van der Waals surface area contributed by atoms with Crippen LogP contribution in [-0.2, 0) is 9.59 Å². The van der Waals surface area contributed by atoms with Crippen LogP contribution in [0.4, 0.5) is 10.1 Å². The number of halogens is 2. The Kier molecular flexibility index (Phi) is 2.74. The van der Waals surface area contributed by atoms with E-state index in [2.05, 4.69) is 21.0 Å². The topological polar surface area (TPSA) is 49.5 Å². The van der Waals surface area contributed by atoms with Crippen molar-refractivity contribution in [2.45, 2.75) is 0 Å². The quantitative estimate of drug-likeness (QED) is 0.743. The monoisotopic (exact) mass is 283 g/mol. The summed E-state index contributed by atoms with van der Waals surface area (Å²) < 4.78 is 14.8. The van der Waals surface area contributed by atoms with Crippen molar-refractivity contribution in [1.29, 1.82) is 0 Å². The molecule has 80 valence electrons. The lowest BCUT2D eigenvalue weighted by Crippen LogP contribution is -2.18. The molecule has 2 rings (SSSR count). The molecule has 0 bridgehead atoms. The third-order valence-corrected chi connectivity index (χ3v) is 2.41. The number of carbonyl (C=O) groups is 2. The first kappa shape index (κ1) is 10.8. The van der Waals surface area contributed by atoms with Crippen LogP contribution < -0.4 is 0 Å².